The minimum Gasteiger partial charge on any atom is -0.492 e. The summed E-state index contributed by atoms with van der Waals surface area (Å²) >= 11 is 0. The van der Waals surface area contributed by atoms with Gasteiger partial charge in [0.2, 0.25) is 0 Å². The Hall–Kier alpha value is -3.08. The van der Waals surface area contributed by atoms with Gasteiger partial charge in [-0.05, 0) is 62.9 Å². The molecule has 0 unspecified atom stereocenters. The van der Waals surface area contributed by atoms with E-state index in [-0.39, 0.29) is 5.91 Å². The third kappa shape index (κ3) is 4.25. The van der Waals surface area contributed by atoms with Gasteiger partial charge in [-0.25, -0.2) is 4.98 Å². The number of likely N-dealkylation sites (tertiary alicyclic amines) is 1. The van der Waals surface area contributed by atoms with Crippen LogP contribution in [0.3, 0.4) is 0 Å². The van der Waals surface area contributed by atoms with Crippen molar-refractivity contribution in [1.29, 1.82) is 0 Å². The molecule has 2 aromatic carbocycles. The molecule has 1 N–H and O–H groups in total. The van der Waals surface area contributed by atoms with Crippen molar-refractivity contribution in [3.63, 3.8) is 0 Å². The van der Waals surface area contributed by atoms with Crippen LogP contribution < -0.4 is 10.1 Å². The number of fused-ring (bicyclic) bond motifs is 1. The molecule has 0 atom stereocenters. The van der Waals surface area contributed by atoms with Gasteiger partial charge in [-0.3, -0.25) is 4.79 Å². The van der Waals surface area contributed by atoms with Crippen LogP contribution in [0.2, 0.25) is 0 Å². The molecule has 156 valence electrons. The van der Waals surface area contributed by atoms with Crippen LogP contribution in [0.5, 0.6) is 5.75 Å². The van der Waals surface area contributed by atoms with Gasteiger partial charge in [0.15, 0.2) is 0 Å². The van der Waals surface area contributed by atoms with Crippen molar-refractivity contribution in [3.05, 3.63) is 59.8 Å². The number of carbonyl (C=O) groups excluding carboxylic acids is 1. The number of nitrogens with zero attached hydrogens (tertiary/aromatic N) is 2. The predicted molar refractivity (Wildman–Crippen MR) is 122 cm³/mol. The Morgan fingerprint density at radius 2 is 1.90 bits per heavy atom. The molecule has 0 radical (unpaired) electrons. The zero-order chi connectivity index (χ0) is 21.1. The zero-order valence-electron chi connectivity index (χ0n) is 17.9. The highest BCUT2D eigenvalue weighted by Crippen LogP contribution is 2.32. The van der Waals surface area contributed by atoms with Crippen molar-refractivity contribution < 1.29 is 9.53 Å². The molecule has 1 aliphatic rings. The van der Waals surface area contributed by atoms with E-state index < -0.39 is 0 Å². The van der Waals surface area contributed by atoms with E-state index in [1.807, 2.05) is 54.3 Å². The maximum absolute atomic E-state index is 13.2. The summed E-state index contributed by atoms with van der Waals surface area (Å²) < 4.78 is 5.77. The maximum Gasteiger partial charge on any atom is 0.272 e. The summed E-state index contributed by atoms with van der Waals surface area (Å²) in [6.45, 7) is 8.46. The van der Waals surface area contributed by atoms with Crippen molar-refractivity contribution in [2.24, 2.45) is 5.92 Å². The smallest absolute Gasteiger partial charge is 0.272 e. The molecule has 5 heteroatoms. The lowest BCUT2D eigenvalue weighted by atomic mass is 9.99. The predicted octanol–water partition coefficient (Wildman–Crippen LogP) is 5.56. The molecule has 0 aliphatic carbocycles. The van der Waals surface area contributed by atoms with Gasteiger partial charge in [0.05, 0.1) is 23.5 Å². The molecule has 0 bridgehead atoms. The van der Waals surface area contributed by atoms with E-state index in [1.165, 1.54) is 0 Å². The minimum absolute atomic E-state index is 0.00511. The molecule has 0 saturated carbocycles. The van der Waals surface area contributed by atoms with Crippen LogP contribution in [0.1, 0.15) is 42.7 Å². The van der Waals surface area contributed by atoms with E-state index in [4.69, 9.17) is 9.72 Å². The summed E-state index contributed by atoms with van der Waals surface area (Å²) in [5.74, 6) is 1.47. The van der Waals surface area contributed by atoms with E-state index in [0.717, 1.165) is 59.5 Å². The van der Waals surface area contributed by atoms with Gasteiger partial charge < -0.3 is 15.0 Å². The minimum atomic E-state index is 0.00511. The normalized spacial score (nSPS) is 14.7. The largest absolute Gasteiger partial charge is 0.492 e. The van der Waals surface area contributed by atoms with E-state index in [2.05, 4.69) is 25.2 Å². The molecule has 30 heavy (non-hydrogen) atoms. The average Bonchev–Trinajstić information content (AvgIpc) is 2.75. The molecule has 0 spiro atoms. The van der Waals surface area contributed by atoms with Crippen LogP contribution in [0.4, 0.5) is 11.4 Å². The van der Waals surface area contributed by atoms with Gasteiger partial charge in [-0.15, -0.1) is 0 Å². The summed E-state index contributed by atoms with van der Waals surface area (Å²) in [4.78, 5) is 19.8. The summed E-state index contributed by atoms with van der Waals surface area (Å²) in [5, 5.41) is 4.49. The van der Waals surface area contributed by atoms with Gasteiger partial charge in [-0.1, -0.05) is 30.7 Å². The topological polar surface area (TPSA) is 54.5 Å². The number of para-hydroxylation sites is 2. The Morgan fingerprint density at radius 3 is 2.67 bits per heavy atom. The molecule has 1 aliphatic heterocycles. The Bertz CT molecular complexity index is 1060. The van der Waals surface area contributed by atoms with Gasteiger partial charge >= 0.3 is 0 Å². The first kappa shape index (κ1) is 20.2. The quantitative estimate of drug-likeness (QED) is 0.606. The number of aromatic nitrogens is 1. The zero-order valence-corrected chi connectivity index (χ0v) is 17.9. The molecule has 2 heterocycles. The standard InChI is InChI=1S/C25H29N3O2/c1-4-30-24-8-6-5-7-21(24)27-22-16-23(25(29)28-13-11-17(2)12-14-28)26-20-10-9-18(3)15-19(20)22/h5-10,15-17H,4,11-14H2,1-3H3,(H,26,27). The Labute approximate surface area is 178 Å². The number of carbonyl (C=O) groups is 1. The lowest BCUT2D eigenvalue weighted by Gasteiger charge is -2.30. The molecule has 1 amide bonds. The van der Waals surface area contributed by atoms with Crippen molar-refractivity contribution in [1.82, 2.24) is 9.88 Å². The number of pyridine rings is 1. The summed E-state index contributed by atoms with van der Waals surface area (Å²) in [6, 6.07) is 15.9. The van der Waals surface area contributed by atoms with Gasteiger partial charge in [0, 0.05) is 18.5 Å². The molecule has 1 saturated heterocycles. The van der Waals surface area contributed by atoms with Crippen molar-refractivity contribution in [3.8, 4) is 5.75 Å². The van der Waals surface area contributed by atoms with E-state index >= 15 is 0 Å². The van der Waals surface area contributed by atoms with E-state index in [0.29, 0.717) is 18.2 Å². The molecular formula is C25H29N3O2. The highest BCUT2D eigenvalue weighted by atomic mass is 16.5. The summed E-state index contributed by atoms with van der Waals surface area (Å²) in [5.41, 5.74) is 4.18. The van der Waals surface area contributed by atoms with Gasteiger partial charge in [-0.2, -0.15) is 0 Å². The van der Waals surface area contributed by atoms with Crippen LogP contribution in [0.15, 0.2) is 48.5 Å². The number of ether oxygens (including phenoxy) is 1. The molecular weight excluding hydrogens is 374 g/mol. The monoisotopic (exact) mass is 403 g/mol. The number of rotatable bonds is 5. The summed E-state index contributed by atoms with van der Waals surface area (Å²) in [7, 11) is 0. The number of hydrogen-bond acceptors (Lipinski definition) is 4. The lowest BCUT2D eigenvalue weighted by molar-refractivity contribution is 0.0691. The highest BCUT2D eigenvalue weighted by Gasteiger charge is 2.23. The van der Waals surface area contributed by atoms with Crippen LogP contribution in [-0.4, -0.2) is 35.5 Å². The van der Waals surface area contributed by atoms with Gasteiger partial charge in [0.1, 0.15) is 11.4 Å². The van der Waals surface area contributed by atoms with Crippen molar-refractivity contribution >= 4 is 28.2 Å². The number of amides is 1. The summed E-state index contributed by atoms with van der Waals surface area (Å²) in [6.07, 6.45) is 2.09. The number of hydrogen-bond donors (Lipinski definition) is 1. The van der Waals surface area contributed by atoms with Crippen LogP contribution in [-0.2, 0) is 0 Å². The number of aryl methyl sites for hydroxylation is 1. The first-order valence-electron chi connectivity index (χ1n) is 10.7. The fourth-order valence-electron chi connectivity index (χ4n) is 3.92. The molecule has 4 rings (SSSR count). The first-order valence-corrected chi connectivity index (χ1v) is 10.7. The molecule has 5 nitrogen and oxygen atoms in total. The van der Waals surface area contributed by atoms with Crippen LogP contribution in [0, 0.1) is 12.8 Å². The van der Waals surface area contributed by atoms with E-state index in [9.17, 15) is 4.79 Å². The number of benzene rings is 2. The molecule has 1 fully saturated rings. The first-order chi connectivity index (χ1) is 14.5. The molecule has 3 aromatic rings. The van der Waals surface area contributed by atoms with Crippen molar-refractivity contribution in [2.75, 3.05) is 25.0 Å². The van der Waals surface area contributed by atoms with Crippen LogP contribution in [0.25, 0.3) is 10.9 Å². The van der Waals surface area contributed by atoms with E-state index in [1.54, 1.807) is 0 Å². The number of nitrogens with one attached hydrogen (secondary N) is 1. The molecule has 1 aromatic heterocycles. The second-order valence-electron chi connectivity index (χ2n) is 8.10. The fourth-order valence-corrected chi connectivity index (χ4v) is 3.92. The maximum atomic E-state index is 13.2. The number of piperidine rings is 1. The third-order valence-corrected chi connectivity index (χ3v) is 5.71. The Balaban J connectivity index is 1.74. The average molecular weight is 404 g/mol. The second kappa shape index (κ2) is 8.74. The second-order valence-corrected chi connectivity index (χ2v) is 8.10. The third-order valence-electron chi connectivity index (χ3n) is 5.71. The Morgan fingerprint density at radius 1 is 1.13 bits per heavy atom. The van der Waals surface area contributed by atoms with Gasteiger partial charge in [0.25, 0.3) is 5.91 Å². The Kier molecular flexibility index (Phi) is 5.88. The van der Waals surface area contributed by atoms with Crippen molar-refractivity contribution in [2.45, 2.75) is 33.6 Å². The lowest BCUT2D eigenvalue weighted by Crippen LogP contribution is -2.38. The SMILES string of the molecule is CCOc1ccccc1Nc1cc(C(=O)N2CCC(C)CC2)nc2ccc(C)cc12. The highest BCUT2D eigenvalue weighted by molar-refractivity contribution is 6.01. The number of anilines is 2. The van der Waals surface area contributed by atoms with Crippen LogP contribution >= 0.6 is 0 Å². The fraction of sp³-hybridized carbons (Fsp3) is 0.360.